The highest BCUT2D eigenvalue weighted by atomic mass is 19.2. The van der Waals surface area contributed by atoms with Crippen LogP contribution in [0, 0.1) is 41.2 Å². The largest absolute Gasteiger partial charge is 0.490 e. The zero-order valence-corrected chi connectivity index (χ0v) is 21.3. The van der Waals surface area contributed by atoms with Crippen LogP contribution >= 0.6 is 0 Å². The lowest BCUT2D eigenvalue weighted by atomic mass is 9.79. The SMILES string of the molecule is CCCC1CCC(/C=C/C2C=CC(COc3ccc(C4CCC(C)CC4)c(F)c3F)CC2)CC1. The van der Waals surface area contributed by atoms with E-state index in [1.165, 1.54) is 38.5 Å². The van der Waals surface area contributed by atoms with Gasteiger partial charge in [-0.05, 0) is 92.6 Å². The number of allylic oxidation sites excluding steroid dienone is 3. The average Bonchev–Trinajstić information content (AvgIpc) is 2.86. The summed E-state index contributed by atoms with van der Waals surface area (Å²) in [5, 5.41) is 0. The van der Waals surface area contributed by atoms with Crippen LogP contribution in [0.2, 0.25) is 0 Å². The molecule has 0 bridgehead atoms. The number of rotatable bonds is 8. The highest BCUT2D eigenvalue weighted by Crippen LogP contribution is 2.39. The lowest BCUT2D eigenvalue weighted by molar-refractivity contribution is 0.244. The summed E-state index contributed by atoms with van der Waals surface area (Å²) >= 11 is 0. The quantitative estimate of drug-likeness (QED) is 0.344. The van der Waals surface area contributed by atoms with Crippen molar-refractivity contribution in [3.05, 3.63) is 53.6 Å². The molecule has 0 saturated heterocycles. The molecular weight excluding hydrogens is 426 g/mol. The van der Waals surface area contributed by atoms with E-state index in [1.54, 1.807) is 12.1 Å². The van der Waals surface area contributed by atoms with E-state index in [0.29, 0.717) is 24.0 Å². The smallest absolute Gasteiger partial charge is 0.200 e. The fourth-order valence-corrected chi connectivity index (χ4v) is 6.32. The molecule has 3 aliphatic carbocycles. The Balaban J connectivity index is 1.23. The summed E-state index contributed by atoms with van der Waals surface area (Å²) in [5.74, 6) is 1.83. The second-order valence-corrected chi connectivity index (χ2v) is 11.4. The first-order valence-corrected chi connectivity index (χ1v) is 14.0. The Bertz CT molecular complexity index is 828. The Kier molecular flexibility index (Phi) is 9.25. The minimum atomic E-state index is -0.814. The van der Waals surface area contributed by atoms with E-state index >= 15 is 0 Å². The number of ether oxygens (including phenoxy) is 1. The molecule has 3 aliphatic rings. The topological polar surface area (TPSA) is 9.23 Å². The van der Waals surface area contributed by atoms with Gasteiger partial charge in [-0.25, -0.2) is 4.39 Å². The minimum absolute atomic E-state index is 0.0551. The van der Waals surface area contributed by atoms with E-state index in [-0.39, 0.29) is 17.6 Å². The predicted octanol–water partition coefficient (Wildman–Crippen LogP) is 9.38. The number of halogens is 2. The van der Waals surface area contributed by atoms with Crippen molar-refractivity contribution in [1.82, 2.24) is 0 Å². The molecule has 0 amide bonds. The molecule has 2 unspecified atom stereocenters. The van der Waals surface area contributed by atoms with Gasteiger partial charge in [0.1, 0.15) is 0 Å². The summed E-state index contributed by atoms with van der Waals surface area (Å²) in [6.45, 7) is 4.94. The van der Waals surface area contributed by atoms with Crippen LogP contribution in [0.15, 0.2) is 36.4 Å². The van der Waals surface area contributed by atoms with Gasteiger partial charge in [0.2, 0.25) is 5.82 Å². The van der Waals surface area contributed by atoms with Gasteiger partial charge in [0, 0.05) is 5.92 Å². The van der Waals surface area contributed by atoms with Crippen molar-refractivity contribution < 1.29 is 13.5 Å². The van der Waals surface area contributed by atoms with Crippen LogP contribution in [-0.2, 0) is 0 Å². The zero-order chi connectivity index (χ0) is 23.9. The first kappa shape index (κ1) is 25.5. The maximum Gasteiger partial charge on any atom is 0.200 e. The van der Waals surface area contributed by atoms with Crippen molar-refractivity contribution in [3.8, 4) is 5.75 Å². The molecule has 2 atom stereocenters. The standard InChI is InChI=1S/C31H44F2O/c1-3-4-23-7-9-24(10-8-23)11-12-25-13-15-26(16-14-25)21-34-29-20-19-28(30(32)31(29)33)27-17-5-22(2)6-18-27/h11-13,15,19-20,22-27H,3-10,14,16-18,21H2,1-2H3/b12-11+. The van der Waals surface area contributed by atoms with Gasteiger partial charge in [0.15, 0.2) is 11.6 Å². The van der Waals surface area contributed by atoms with Gasteiger partial charge < -0.3 is 4.74 Å². The van der Waals surface area contributed by atoms with Gasteiger partial charge in [-0.3, -0.25) is 0 Å². The fraction of sp³-hybridized carbons (Fsp3) is 0.677. The number of hydrogen-bond acceptors (Lipinski definition) is 1. The van der Waals surface area contributed by atoms with E-state index in [4.69, 9.17) is 4.74 Å². The zero-order valence-electron chi connectivity index (χ0n) is 21.3. The normalized spacial score (nSPS) is 32.2. The van der Waals surface area contributed by atoms with E-state index in [9.17, 15) is 8.78 Å². The summed E-state index contributed by atoms with van der Waals surface area (Å²) < 4.78 is 35.3. The predicted molar refractivity (Wildman–Crippen MR) is 137 cm³/mol. The Morgan fingerprint density at radius 2 is 1.62 bits per heavy atom. The molecule has 2 fully saturated rings. The Morgan fingerprint density at radius 1 is 0.853 bits per heavy atom. The van der Waals surface area contributed by atoms with Gasteiger partial charge in [-0.2, -0.15) is 4.39 Å². The first-order chi connectivity index (χ1) is 16.5. The maximum atomic E-state index is 14.8. The summed E-state index contributed by atoms with van der Waals surface area (Å²) in [7, 11) is 0. The minimum Gasteiger partial charge on any atom is -0.490 e. The first-order valence-electron chi connectivity index (χ1n) is 14.0. The molecule has 0 heterocycles. The Labute approximate surface area is 206 Å². The van der Waals surface area contributed by atoms with Gasteiger partial charge in [0.05, 0.1) is 6.61 Å². The lowest BCUT2D eigenvalue weighted by Gasteiger charge is -2.27. The van der Waals surface area contributed by atoms with E-state index < -0.39 is 11.6 Å². The third kappa shape index (κ3) is 6.73. The number of hydrogen-bond donors (Lipinski definition) is 0. The van der Waals surface area contributed by atoms with E-state index in [0.717, 1.165) is 50.4 Å². The van der Waals surface area contributed by atoms with Crippen molar-refractivity contribution in [2.45, 2.75) is 96.8 Å². The molecule has 188 valence electrons. The number of benzene rings is 1. The average molecular weight is 471 g/mol. The molecule has 0 N–H and O–H groups in total. The summed E-state index contributed by atoms with van der Waals surface area (Å²) in [6.07, 6.45) is 23.7. The molecule has 34 heavy (non-hydrogen) atoms. The molecule has 1 aromatic rings. The molecule has 0 aliphatic heterocycles. The molecule has 0 spiro atoms. The Morgan fingerprint density at radius 3 is 2.29 bits per heavy atom. The molecular formula is C31H44F2O. The van der Waals surface area contributed by atoms with Crippen LogP contribution in [0.25, 0.3) is 0 Å². The molecule has 1 aromatic carbocycles. The maximum absolute atomic E-state index is 14.8. The third-order valence-electron chi connectivity index (χ3n) is 8.71. The van der Waals surface area contributed by atoms with Crippen molar-refractivity contribution in [1.29, 1.82) is 0 Å². The highest BCUT2D eigenvalue weighted by molar-refractivity contribution is 5.33. The van der Waals surface area contributed by atoms with Crippen molar-refractivity contribution >= 4 is 0 Å². The van der Waals surface area contributed by atoms with Gasteiger partial charge in [-0.15, -0.1) is 0 Å². The van der Waals surface area contributed by atoms with Crippen LogP contribution in [-0.4, -0.2) is 6.61 Å². The highest BCUT2D eigenvalue weighted by Gasteiger charge is 2.26. The molecule has 0 aromatic heterocycles. The van der Waals surface area contributed by atoms with Crippen LogP contribution in [0.1, 0.15) is 102 Å². The molecule has 1 nitrogen and oxygen atoms in total. The van der Waals surface area contributed by atoms with Crippen molar-refractivity contribution in [2.24, 2.45) is 29.6 Å². The van der Waals surface area contributed by atoms with Crippen molar-refractivity contribution in [3.63, 3.8) is 0 Å². The summed E-state index contributed by atoms with van der Waals surface area (Å²) in [4.78, 5) is 0. The van der Waals surface area contributed by atoms with Crippen LogP contribution in [0.4, 0.5) is 8.78 Å². The second-order valence-electron chi connectivity index (χ2n) is 11.4. The van der Waals surface area contributed by atoms with E-state index in [2.05, 4.69) is 38.2 Å². The lowest BCUT2D eigenvalue weighted by Crippen LogP contribution is -2.17. The molecule has 0 radical (unpaired) electrons. The molecule has 3 heteroatoms. The second kappa shape index (κ2) is 12.4. The molecule has 4 rings (SSSR count). The third-order valence-corrected chi connectivity index (χ3v) is 8.71. The fourth-order valence-electron chi connectivity index (χ4n) is 6.32. The molecule has 2 saturated carbocycles. The van der Waals surface area contributed by atoms with Crippen LogP contribution < -0.4 is 4.74 Å². The van der Waals surface area contributed by atoms with Gasteiger partial charge in [0.25, 0.3) is 0 Å². The van der Waals surface area contributed by atoms with Gasteiger partial charge in [-0.1, -0.05) is 69.9 Å². The van der Waals surface area contributed by atoms with Crippen molar-refractivity contribution in [2.75, 3.05) is 6.61 Å². The monoisotopic (exact) mass is 470 g/mol. The summed E-state index contributed by atoms with van der Waals surface area (Å²) in [5.41, 5.74) is 0.530. The van der Waals surface area contributed by atoms with Crippen LogP contribution in [0.5, 0.6) is 5.75 Å². The van der Waals surface area contributed by atoms with Gasteiger partial charge >= 0.3 is 0 Å². The Hall–Kier alpha value is -1.64. The summed E-state index contributed by atoms with van der Waals surface area (Å²) in [6, 6.07) is 3.39. The van der Waals surface area contributed by atoms with E-state index in [1.807, 2.05) is 0 Å². The van der Waals surface area contributed by atoms with Crippen LogP contribution in [0.3, 0.4) is 0 Å².